The van der Waals surface area contributed by atoms with E-state index in [-0.39, 0.29) is 6.04 Å². The molecule has 0 amide bonds. The van der Waals surface area contributed by atoms with Gasteiger partial charge < -0.3 is 4.57 Å². The van der Waals surface area contributed by atoms with Crippen LogP contribution in [0.1, 0.15) is 38.2 Å². The van der Waals surface area contributed by atoms with E-state index in [0.717, 1.165) is 5.82 Å². The molecule has 0 spiro atoms. The van der Waals surface area contributed by atoms with Gasteiger partial charge in [0.05, 0.1) is 12.3 Å². The minimum absolute atomic E-state index is 0.247. The summed E-state index contributed by atoms with van der Waals surface area (Å²) >= 11 is 0. The van der Waals surface area contributed by atoms with Crippen LogP contribution < -0.4 is 0 Å². The summed E-state index contributed by atoms with van der Waals surface area (Å²) in [4.78, 5) is 8.68. The van der Waals surface area contributed by atoms with Crippen molar-refractivity contribution in [1.82, 2.24) is 9.55 Å². The van der Waals surface area contributed by atoms with Gasteiger partial charge in [-0.2, -0.15) is 0 Å². The zero-order valence-corrected chi connectivity index (χ0v) is 8.81. The normalized spacial score (nSPS) is 19.9. The van der Waals surface area contributed by atoms with Crippen LogP contribution in [0.4, 0.5) is 0 Å². The van der Waals surface area contributed by atoms with Crippen LogP contribution in [-0.2, 0) is 0 Å². The van der Waals surface area contributed by atoms with Crippen LogP contribution in [0, 0.1) is 0 Å². The molecule has 2 rings (SSSR count). The van der Waals surface area contributed by atoms with Gasteiger partial charge in [0.2, 0.25) is 0 Å². The molecule has 0 saturated heterocycles. The molecule has 3 heteroatoms. The molecule has 0 saturated carbocycles. The molecule has 1 aliphatic heterocycles. The van der Waals surface area contributed by atoms with Gasteiger partial charge in [-0.15, -0.1) is 0 Å². The summed E-state index contributed by atoms with van der Waals surface area (Å²) < 4.78 is 2.11. The fourth-order valence-corrected chi connectivity index (χ4v) is 1.52. The van der Waals surface area contributed by atoms with E-state index < -0.39 is 0 Å². The van der Waals surface area contributed by atoms with Crippen LogP contribution in [0.3, 0.4) is 0 Å². The van der Waals surface area contributed by atoms with Gasteiger partial charge in [0.25, 0.3) is 0 Å². The first-order valence-electron chi connectivity index (χ1n) is 4.97. The molecule has 74 valence electrons. The first-order chi connectivity index (χ1) is 6.68. The fourth-order valence-electron chi connectivity index (χ4n) is 1.52. The highest BCUT2D eigenvalue weighted by Crippen LogP contribution is 2.17. The maximum absolute atomic E-state index is 4.34. The molecule has 1 aromatic heterocycles. The quantitative estimate of drug-likeness (QED) is 0.666. The third kappa shape index (κ3) is 1.50. The Labute approximate surface area is 84.2 Å². The average Bonchev–Trinajstić information content (AvgIpc) is 2.46. The minimum Gasteiger partial charge on any atom is -0.303 e. The van der Waals surface area contributed by atoms with Crippen LogP contribution in [-0.4, -0.2) is 21.8 Å². The predicted octanol–water partition coefficient (Wildman–Crippen LogP) is 2.30. The summed E-state index contributed by atoms with van der Waals surface area (Å²) in [6, 6.07) is 0.247. The van der Waals surface area contributed by atoms with Crippen molar-refractivity contribution in [3.05, 3.63) is 23.8 Å². The van der Waals surface area contributed by atoms with E-state index in [1.807, 2.05) is 12.4 Å². The van der Waals surface area contributed by atoms with E-state index in [4.69, 9.17) is 0 Å². The number of nitrogens with zero attached hydrogens (tertiary/aromatic N) is 3. The molecule has 0 bridgehead atoms. The van der Waals surface area contributed by atoms with Gasteiger partial charge in [-0.25, -0.2) is 4.98 Å². The van der Waals surface area contributed by atoms with Gasteiger partial charge in [-0.3, -0.25) is 4.99 Å². The number of imidazole rings is 1. The summed E-state index contributed by atoms with van der Waals surface area (Å²) in [5.41, 5.74) is 1.23. The summed E-state index contributed by atoms with van der Waals surface area (Å²) in [5, 5.41) is 0. The Morgan fingerprint density at radius 2 is 2.21 bits per heavy atom. The van der Waals surface area contributed by atoms with Crippen molar-refractivity contribution in [3.63, 3.8) is 0 Å². The summed E-state index contributed by atoms with van der Waals surface area (Å²) in [7, 11) is 0. The van der Waals surface area contributed by atoms with Gasteiger partial charge in [-0.1, -0.05) is 13.8 Å². The SMILES string of the molecule is CC1C=Cn2c(C(C)C)cnc2C=N1. The molecule has 1 aliphatic rings. The topological polar surface area (TPSA) is 30.2 Å². The van der Waals surface area contributed by atoms with E-state index in [2.05, 4.69) is 47.6 Å². The second-order valence-electron chi connectivity index (χ2n) is 3.93. The Morgan fingerprint density at radius 1 is 1.43 bits per heavy atom. The van der Waals surface area contributed by atoms with Crippen LogP contribution in [0.2, 0.25) is 0 Å². The van der Waals surface area contributed by atoms with Gasteiger partial charge >= 0.3 is 0 Å². The molecule has 0 fully saturated rings. The number of rotatable bonds is 1. The van der Waals surface area contributed by atoms with E-state index >= 15 is 0 Å². The predicted molar refractivity (Wildman–Crippen MR) is 58.7 cm³/mol. The number of hydrogen-bond acceptors (Lipinski definition) is 2. The zero-order valence-electron chi connectivity index (χ0n) is 8.81. The molecule has 2 heterocycles. The summed E-state index contributed by atoms with van der Waals surface area (Å²) in [5.74, 6) is 1.41. The van der Waals surface area contributed by atoms with Crippen LogP contribution in [0.5, 0.6) is 0 Å². The van der Waals surface area contributed by atoms with Crippen LogP contribution in [0.25, 0.3) is 6.20 Å². The Hall–Kier alpha value is -1.38. The van der Waals surface area contributed by atoms with Gasteiger partial charge in [0.15, 0.2) is 5.82 Å². The van der Waals surface area contributed by atoms with Gasteiger partial charge in [0.1, 0.15) is 0 Å². The minimum atomic E-state index is 0.247. The lowest BCUT2D eigenvalue weighted by Gasteiger charge is -2.06. The first-order valence-corrected chi connectivity index (χ1v) is 4.97. The maximum Gasteiger partial charge on any atom is 0.154 e. The molecule has 0 N–H and O–H groups in total. The smallest absolute Gasteiger partial charge is 0.154 e. The number of aliphatic imine (C=N–C) groups is 1. The average molecular weight is 189 g/mol. The lowest BCUT2D eigenvalue weighted by molar-refractivity contribution is 0.800. The standard InChI is InChI=1S/C11H15N3/c1-8(2)10-6-13-11-7-12-9(3)4-5-14(10)11/h4-9H,1-3H3. The van der Waals surface area contributed by atoms with Crippen molar-refractivity contribution in [2.75, 3.05) is 0 Å². The number of fused-ring (bicyclic) bond motifs is 1. The monoisotopic (exact) mass is 189 g/mol. The Bertz CT molecular complexity index is 385. The van der Waals surface area contributed by atoms with E-state index in [1.165, 1.54) is 5.69 Å². The summed E-state index contributed by atoms with van der Waals surface area (Å²) in [6.07, 6.45) is 7.92. The van der Waals surface area contributed by atoms with Crippen molar-refractivity contribution in [3.8, 4) is 0 Å². The van der Waals surface area contributed by atoms with Crippen LogP contribution >= 0.6 is 0 Å². The Balaban J connectivity index is 2.49. The van der Waals surface area contributed by atoms with E-state index in [0.29, 0.717) is 5.92 Å². The fraction of sp³-hybridized carbons (Fsp3) is 0.455. The molecule has 0 aliphatic carbocycles. The third-order valence-electron chi connectivity index (χ3n) is 2.38. The molecule has 0 radical (unpaired) electrons. The maximum atomic E-state index is 4.34. The van der Waals surface area contributed by atoms with Gasteiger partial charge in [-0.05, 0) is 18.9 Å². The highest BCUT2D eigenvalue weighted by molar-refractivity contribution is 5.77. The Morgan fingerprint density at radius 3 is 2.93 bits per heavy atom. The second kappa shape index (κ2) is 3.40. The van der Waals surface area contributed by atoms with Crippen molar-refractivity contribution < 1.29 is 0 Å². The van der Waals surface area contributed by atoms with Crippen LogP contribution in [0.15, 0.2) is 17.3 Å². The largest absolute Gasteiger partial charge is 0.303 e. The summed E-state index contributed by atoms with van der Waals surface area (Å²) in [6.45, 7) is 6.40. The lowest BCUT2D eigenvalue weighted by atomic mass is 10.1. The highest BCUT2D eigenvalue weighted by Gasteiger charge is 2.11. The zero-order chi connectivity index (χ0) is 10.1. The van der Waals surface area contributed by atoms with Crippen molar-refractivity contribution in [2.45, 2.75) is 32.7 Å². The van der Waals surface area contributed by atoms with Gasteiger partial charge in [0, 0.05) is 18.1 Å². The van der Waals surface area contributed by atoms with E-state index in [1.54, 1.807) is 0 Å². The molecular weight excluding hydrogens is 174 g/mol. The second-order valence-corrected chi connectivity index (χ2v) is 3.93. The molecule has 14 heavy (non-hydrogen) atoms. The number of hydrogen-bond donors (Lipinski definition) is 0. The number of aromatic nitrogens is 2. The molecular formula is C11H15N3. The van der Waals surface area contributed by atoms with Crippen molar-refractivity contribution in [1.29, 1.82) is 0 Å². The molecule has 0 aromatic carbocycles. The Kier molecular flexibility index (Phi) is 2.23. The molecule has 1 atom stereocenters. The third-order valence-corrected chi connectivity index (χ3v) is 2.38. The van der Waals surface area contributed by atoms with Crippen molar-refractivity contribution in [2.24, 2.45) is 4.99 Å². The molecule has 1 aromatic rings. The first kappa shape index (κ1) is 9.19. The van der Waals surface area contributed by atoms with Crippen molar-refractivity contribution >= 4 is 12.4 Å². The molecule has 1 unspecified atom stereocenters. The van der Waals surface area contributed by atoms with E-state index in [9.17, 15) is 0 Å². The lowest BCUT2D eigenvalue weighted by Crippen LogP contribution is -2.00. The highest BCUT2D eigenvalue weighted by atomic mass is 15.1. The molecule has 3 nitrogen and oxygen atoms in total.